The maximum Gasteiger partial charge on any atom is 0.229 e. The Labute approximate surface area is 163 Å². The zero-order valence-electron chi connectivity index (χ0n) is 15.7. The van der Waals surface area contributed by atoms with Gasteiger partial charge in [0.15, 0.2) is 0 Å². The first-order chi connectivity index (χ1) is 13.7. The molecule has 0 radical (unpaired) electrons. The molecule has 0 aliphatic carbocycles. The maximum atomic E-state index is 12.9. The number of carbonyl (C=O) groups is 2. The van der Waals surface area contributed by atoms with E-state index in [2.05, 4.69) is 5.32 Å². The van der Waals surface area contributed by atoms with Crippen LogP contribution in [0.15, 0.2) is 66.7 Å². The number of para-hydroxylation sites is 2. The Hall–Kier alpha value is -3.34. The third-order valence-electron chi connectivity index (χ3n) is 5.00. The lowest BCUT2D eigenvalue weighted by Gasteiger charge is -2.20. The van der Waals surface area contributed by atoms with Gasteiger partial charge in [-0.15, -0.1) is 0 Å². The molecular weight excluding hydrogens is 352 g/mol. The Morgan fingerprint density at radius 3 is 2.68 bits per heavy atom. The van der Waals surface area contributed by atoms with E-state index >= 15 is 0 Å². The van der Waals surface area contributed by atoms with Crippen LogP contribution in [0.25, 0.3) is 10.8 Å². The monoisotopic (exact) mass is 374 g/mol. The predicted octanol–water partition coefficient (Wildman–Crippen LogP) is 4.23. The van der Waals surface area contributed by atoms with Crippen molar-refractivity contribution in [3.63, 3.8) is 0 Å². The molecule has 1 heterocycles. The van der Waals surface area contributed by atoms with E-state index in [1.165, 1.54) is 0 Å². The number of anilines is 2. The number of nitrogens with zero attached hydrogens (tertiary/aromatic N) is 1. The van der Waals surface area contributed by atoms with Crippen LogP contribution in [-0.4, -0.2) is 25.0 Å². The maximum absolute atomic E-state index is 12.9. The van der Waals surface area contributed by atoms with Crippen LogP contribution in [0.1, 0.15) is 13.3 Å². The van der Waals surface area contributed by atoms with Crippen molar-refractivity contribution in [1.82, 2.24) is 0 Å². The minimum atomic E-state index is -0.402. The van der Waals surface area contributed by atoms with Crippen LogP contribution in [0.3, 0.4) is 0 Å². The standard InChI is InChI=1S/C23H22N2O3/c1-2-28-21-13-6-5-12-20(21)25-15-17(14-22(25)26)23(27)24-19-11-7-9-16-8-3-4-10-18(16)19/h3-13,17H,2,14-15H2,1H3,(H,24,27). The second kappa shape index (κ2) is 7.72. The fourth-order valence-electron chi connectivity index (χ4n) is 3.64. The molecule has 1 unspecified atom stereocenters. The molecule has 0 saturated carbocycles. The first-order valence-electron chi connectivity index (χ1n) is 9.48. The highest BCUT2D eigenvalue weighted by atomic mass is 16.5. The van der Waals surface area contributed by atoms with E-state index in [-0.39, 0.29) is 18.2 Å². The lowest BCUT2D eigenvalue weighted by atomic mass is 10.1. The number of ether oxygens (including phenoxy) is 1. The predicted molar refractivity (Wildman–Crippen MR) is 111 cm³/mol. The van der Waals surface area contributed by atoms with E-state index in [0.717, 1.165) is 22.1 Å². The summed E-state index contributed by atoms with van der Waals surface area (Å²) in [6.07, 6.45) is 0.192. The zero-order chi connectivity index (χ0) is 19.5. The Bertz CT molecular complexity index is 1030. The van der Waals surface area contributed by atoms with E-state index in [9.17, 15) is 9.59 Å². The van der Waals surface area contributed by atoms with Crippen LogP contribution in [0.2, 0.25) is 0 Å². The van der Waals surface area contributed by atoms with Crippen LogP contribution in [-0.2, 0) is 9.59 Å². The highest BCUT2D eigenvalue weighted by Gasteiger charge is 2.36. The minimum absolute atomic E-state index is 0.0646. The highest BCUT2D eigenvalue weighted by molar-refractivity contribution is 6.07. The first kappa shape index (κ1) is 18.0. The number of rotatable bonds is 5. The van der Waals surface area contributed by atoms with Crippen molar-refractivity contribution in [2.75, 3.05) is 23.4 Å². The van der Waals surface area contributed by atoms with Crippen molar-refractivity contribution in [2.45, 2.75) is 13.3 Å². The molecule has 2 amide bonds. The average Bonchev–Trinajstić information content (AvgIpc) is 3.11. The van der Waals surface area contributed by atoms with E-state index in [4.69, 9.17) is 4.74 Å². The molecule has 1 aliphatic rings. The van der Waals surface area contributed by atoms with Crippen molar-refractivity contribution in [3.8, 4) is 5.75 Å². The lowest BCUT2D eigenvalue weighted by Crippen LogP contribution is -2.28. The van der Waals surface area contributed by atoms with Gasteiger partial charge in [0.2, 0.25) is 11.8 Å². The van der Waals surface area contributed by atoms with Crippen LogP contribution < -0.4 is 15.0 Å². The van der Waals surface area contributed by atoms with E-state index in [1.54, 1.807) is 4.90 Å². The van der Waals surface area contributed by atoms with Crippen molar-refractivity contribution in [2.24, 2.45) is 5.92 Å². The summed E-state index contributed by atoms with van der Waals surface area (Å²) in [5, 5.41) is 5.06. The third kappa shape index (κ3) is 3.43. The van der Waals surface area contributed by atoms with Gasteiger partial charge in [-0.05, 0) is 30.5 Å². The number of hydrogen-bond acceptors (Lipinski definition) is 3. The molecule has 0 bridgehead atoms. The number of amides is 2. The molecule has 5 heteroatoms. The van der Waals surface area contributed by atoms with Crippen molar-refractivity contribution < 1.29 is 14.3 Å². The summed E-state index contributed by atoms with van der Waals surface area (Å²) in [6.45, 7) is 2.77. The summed E-state index contributed by atoms with van der Waals surface area (Å²) in [4.78, 5) is 27.1. The summed E-state index contributed by atoms with van der Waals surface area (Å²) >= 11 is 0. The number of benzene rings is 3. The van der Waals surface area contributed by atoms with E-state index in [0.29, 0.717) is 18.9 Å². The number of carbonyl (C=O) groups excluding carboxylic acids is 2. The van der Waals surface area contributed by atoms with Gasteiger partial charge in [0.05, 0.1) is 18.2 Å². The summed E-state index contributed by atoms with van der Waals surface area (Å²) < 4.78 is 5.64. The molecule has 3 aromatic rings. The minimum Gasteiger partial charge on any atom is -0.492 e. The van der Waals surface area contributed by atoms with Gasteiger partial charge in [-0.25, -0.2) is 0 Å². The zero-order valence-corrected chi connectivity index (χ0v) is 15.7. The molecule has 5 nitrogen and oxygen atoms in total. The molecular formula is C23H22N2O3. The van der Waals surface area contributed by atoms with Gasteiger partial charge in [-0.3, -0.25) is 9.59 Å². The van der Waals surface area contributed by atoms with E-state index < -0.39 is 5.92 Å². The Kier molecular flexibility index (Phi) is 4.98. The number of nitrogens with one attached hydrogen (secondary N) is 1. The third-order valence-corrected chi connectivity index (χ3v) is 5.00. The van der Waals surface area contributed by atoms with Gasteiger partial charge in [-0.2, -0.15) is 0 Å². The van der Waals surface area contributed by atoms with Crippen LogP contribution in [0.4, 0.5) is 11.4 Å². The van der Waals surface area contributed by atoms with Gasteiger partial charge in [-0.1, -0.05) is 48.5 Å². The molecule has 1 saturated heterocycles. The quantitative estimate of drug-likeness (QED) is 0.727. The molecule has 4 rings (SSSR count). The molecule has 0 spiro atoms. The average molecular weight is 374 g/mol. The normalized spacial score (nSPS) is 16.4. The summed E-state index contributed by atoms with van der Waals surface area (Å²) in [7, 11) is 0. The Balaban J connectivity index is 1.53. The molecule has 3 aromatic carbocycles. The van der Waals surface area contributed by atoms with Gasteiger partial charge in [0.1, 0.15) is 5.75 Å². The van der Waals surface area contributed by atoms with Gasteiger partial charge >= 0.3 is 0 Å². The van der Waals surface area contributed by atoms with Crippen molar-refractivity contribution >= 4 is 34.0 Å². The second-order valence-corrected chi connectivity index (χ2v) is 6.82. The van der Waals surface area contributed by atoms with E-state index in [1.807, 2.05) is 73.7 Å². The van der Waals surface area contributed by atoms with Crippen LogP contribution in [0.5, 0.6) is 5.75 Å². The lowest BCUT2D eigenvalue weighted by molar-refractivity contribution is -0.122. The Morgan fingerprint density at radius 1 is 1.07 bits per heavy atom. The smallest absolute Gasteiger partial charge is 0.229 e. The molecule has 1 atom stereocenters. The van der Waals surface area contributed by atoms with Gasteiger partial charge in [0.25, 0.3) is 0 Å². The molecule has 142 valence electrons. The molecule has 1 N–H and O–H groups in total. The molecule has 28 heavy (non-hydrogen) atoms. The van der Waals surface area contributed by atoms with Crippen LogP contribution >= 0.6 is 0 Å². The van der Waals surface area contributed by atoms with Gasteiger partial charge in [0, 0.05) is 24.0 Å². The molecule has 1 fully saturated rings. The summed E-state index contributed by atoms with van der Waals surface area (Å²) in [5.41, 5.74) is 1.48. The topological polar surface area (TPSA) is 58.6 Å². The largest absolute Gasteiger partial charge is 0.492 e. The Morgan fingerprint density at radius 2 is 1.82 bits per heavy atom. The fourth-order valence-corrected chi connectivity index (χ4v) is 3.64. The van der Waals surface area contributed by atoms with Crippen molar-refractivity contribution in [3.05, 3.63) is 66.7 Å². The second-order valence-electron chi connectivity index (χ2n) is 6.82. The number of hydrogen-bond donors (Lipinski definition) is 1. The summed E-state index contributed by atoms with van der Waals surface area (Å²) in [6, 6.07) is 21.2. The molecule has 0 aromatic heterocycles. The van der Waals surface area contributed by atoms with Gasteiger partial charge < -0.3 is 15.0 Å². The van der Waals surface area contributed by atoms with Crippen LogP contribution in [0, 0.1) is 5.92 Å². The van der Waals surface area contributed by atoms with Crippen molar-refractivity contribution in [1.29, 1.82) is 0 Å². The first-order valence-corrected chi connectivity index (χ1v) is 9.48. The fraction of sp³-hybridized carbons (Fsp3) is 0.217. The highest BCUT2D eigenvalue weighted by Crippen LogP contribution is 2.33. The summed E-state index contributed by atoms with van der Waals surface area (Å²) in [5.74, 6) is 0.0564. The number of fused-ring (bicyclic) bond motifs is 1. The molecule has 1 aliphatic heterocycles. The SMILES string of the molecule is CCOc1ccccc1N1CC(C(=O)Nc2cccc3ccccc23)CC1=O.